The van der Waals surface area contributed by atoms with Gasteiger partial charge in [-0.1, -0.05) is 0 Å². The Hall–Kier alpha value is -0.750. The third-order valence-corrected chi connectivity index (χ3v) is 2.17. The first-order chi connectivity index (χ1) is 7.26. The number of esters is 1. The molecule has 0 spiro atoms. The summed E-state index contributed by atoms with van der Waals surface area (Å²) in [5, 5.41) is 2.45. The molecule has 1 N–H and O–H groups in total. The molecule has 0 saturated heterocycles. The van der Waals surface area contributed by atoms with Gasteiger partial charge >= 0.3 is 5.97 Å². The van der Waals surface area contributed by atoms with Crippen molar-refractivity contribution in [3.05, 3.63) is 0 Å². The number of rotatable bonds is 6. The Morgan fingerprint density at radius 3 is 2.31 bits per heavy atom. The fourth-order valence-electron chi connectivity index (χ4n) is 0.935. The van der Waals surface area contributed by atoms with Crippen LogP contribution in [0.3, 0.4) is 0 Å². The van der Waals surface area contributed by atoms with Crippen LogP contribution in [0.25, 0.3) is 0 Å². The van der Waals surface area contributed by atoms with Crippen LogP contribution in [-0.2, 0) is 27.0 Å². The number of hydrogen-bond donors (Lipinski definition) is 1. The Morgan fingerprint density at radius 1 is 1.38 bits per heavy atom. The first-order valence-corrected chi connectivity index (χ1v) is 5.66. The van der Waals surface area contributed by atoms with E-state index in [9.17, 15) is 9.59 Å². The molecular formula is C10H20N2O3S. The van der Waals surface area contributed by atoms with E-state index in [2.05, 4.69) is 5.32 Å². The van der Waals surface area contributed by atoms with Crippen LogP contribution in [-0.4, -0.2) is 62.4 Å². The molecule has 0 aliphatic heterocycles. The minimum Gasteiger partial charge on any atom is -0.790 e. The van der Waals surface area contributed by atoms with E-state index in [-0.39, 0.29) is 11.7 Å². The minimum atomic E-state index is -0.708. The second kappa shape index (κ2) is 6.75. The molecule has 0 unspecified atom stereocenters. The predicted octanol–water partition coefficient (Wildman–Crippen LogP) is -0.713. The molecule has 0 saturated carbocycles. The van der Waals surface area contributed by atoms with Crippen LogP contribution < -0.4 is 5.32 Å². The van der Waals surface area contributed by atoms with Gasteiger partial charge in [0.15, 0.2) is 0 Å². The molecule has 1 amide bonds. The van der Waals surface area contributed by atoms with Gasteiger partial charge in [0.2, 0.25) is 5.91 Å². The first-order valence-electron chi connectivity index (χ1n) is 5.08. The molecular weight excluding hydrogens is 228 g/mol. The quantitative estimate of drug-likeness (QED) is 0.383. The monoisotopic (exact) mass is 248 g/mol. The number of quaternary nitrogens is 1. The summed E-state index contributed by atoms with van der Waals surface area (Å²) in [6.45, 7) is 2.39. The summed E-state index contributed by atoms with van der Waals surface area (Å²) in [6, 6.07) is -0.708. The van der Waals surface area contributed by atoms with Crippen molar-refractivity contribution in [3.63, 3.8) is 0 Å². The Labute approximate surface area is 102 Å². The molecule has 6 heteroatoms. The zero-order valence-corrected chi connectivity index (χ0v) is 11.1. The number of nitrogens with one attached hydrogen (secondary N) is 1. The van der Waals surface area contributed by atoms with Gasteiger partial charge in [0.05, 0.1) is 21.1 Å². The minimum absolute atomic E-state index is 0.128. The molecule has 1 atom stereocenters. The lowest BCUT2D eigenvalue weighted by atomic mass is 10.3. The standard InChI is InChI=1S/C10H20N2O3S/c1-8(13)11-9(7-16)10(14)15-6-5-12(2,3)4/h9H,5-7H2,1-4H3,(H-,11,13,16)/t9-/m0/s1. The molecule has 5 nitrogen and oxygen atoms in total. The van der Waals surface area contributed by atoms with Crippen LogP contribution in [0, 0.1) is 0 Å². The van der Waals surface area contributed by atoms with Crippen LogP contribution in [0.4, 0.5) is 0 Å². The van der Waals surface area contributed by atoms with Crippen molar-refractivity contribution in [2.45, 2.75) is 13.0 Å². The summed E-state index contributed by atoms with van der Waals surface area (Å²) in [7, 11) is 6.02. The van der Waals surface area contributed by atoms with E-state index >= 15 is 0 Å². The molecule has 0 aliphatic carbocycles. The Morgan fingerprint density at radius 2 is 1.94 bits per heavy atom. The van der Waals surface area contributed by atoms with Crippen LogP contribution >= 0.6 is 0 Å². The lowest BCUT2D eigenvalue weighted by Gasteiger charge is -2.24. The van der Waals surface area contributed by atoms with E-state index < -0.39 is 12.0 Å². The van der Waals surface area contributed by atoms with Gasteiger partial charge in [0.25, 0.3) is 0 Å². The van der Waals surface area contributed by atoms with Crippen molar-refractivity contribution in [2.75, 3.05) is 40.0 Å². The highest BCUT2D eigenvalue weighted by Crippen LogP contribution is 1.93. The second-order valence-corrected chi connectivity index (χ2v) is 4.93. The highest BCUT2D eigenvalue weighted by Gasteiger charge is 2.17. The van der Waals surface area contributed by atoms with Crippen molar-refractivity contribution in [1.82, 2.24) is 5.32 Å². The number of likely N-dealkylation sites (N-methyl/N-ethyl adjacent to an activating group) is 1. The molecule has 0 aromatic heterocycles. The van der Waals surface area contributed by atoms with Gasteiger partial charge in [-0.2, -0.15) is 0 Å². The largest absolute Gasteiger partial charge is 0.790 e. The Kier molecular flexibility index (Phi) is 6.43. The summed E-state index contributed by atoms with van der Waals surface area (Å²) in [6.07, 6.45) is 0. The van der Waals surface area contributed by atoms with E-state index in [1.165, 1.54) is 6.92 Å². The van der Waals surface area contributed by atoms with Crippen LogP contribution in [0.1, 0.15) is 6.92 Å². The third kappa shape index (κ3) is 7.53. The number of carbonyl (C=O) groups is 2. The number of hydrogen-bond acceptors (Lipinski definition) is 4. The van der Waals surface area contributed by atoms with Gasteiger partial charge in [0, 0.05) is 6.92 Å². The topological polar surface area (TPSA) is 55.4 Å². The maximum Gasteiger partial charge on any atom is 0.326 e. The highest BCUT2D eigenvalue weighted by atomic mass is 32.1. The van der Waals surface area contributed by atoms with Crippen LogP contribution in [0.15, 0.2) is 0 Å². The average Bonchev–Trinajstić information content (AvgIpc) is 2.11. The van der Waals surface area contributed by atoms with E-state index in [0.717, 1.165) is 6.54 Å². The molecule has 0 aromatic carbocycles. The summed E-state index contributed by atoms with van der Waals surface area (Å²) in [4.78, 5) is 22.3. The van der Waals surface area contributed by atoms with Crippen molar-refractivity contribution in [3.8, 4) is 0 Å². The number of ether oxygens (including phenoxy) is 1. The van der Waals surface area contributed by atoms with Crippen molar-refractivity contribution in [2.24, 2.45) is 0 Å². The molecule has 0 radical (unpaired) electrons. The number of nitrogens with zero attached hydrogens (tertiary/aromatic N) is 1. The Bertz CT molecular complexity index is 251. The normalized spacial score (nSPS) is 13.1. The molecule has 0 aliphatic rings. The summed E-state index contributed by atoms with van der Waals surface area (Å²) < 4.78 is 5.75. The predicted molar refractivity (Wildman–Crippen MR) is 63.7 cm³/mol. The zero-order valence-electron chi connectivity index (χ0n) is 10.3. The van der Waals surface area contributed by atoms with E-state index in [4.69, 9.17) is 17.4 Å². The summed E-state index contributed by atoms with van der Waals surface area (Å²) in [5.74, 6) is -0.611. The SMILES string of the molecule is CC(=O)N[C@@H](C[S-])C(=O)OCC[N+](C)(C)C. The molecule has 94 valence electrons. The van der Waals surface area contributed by atoms with Gasteiger partial charge < -0.3 is 27.2 Å². The molecule has 0 aromatic rings. The molecule has 0 heterocycles. The molecule has 0 bridgehead atoms. The molecule has 0 rings (SSSR count). The van der Waals surface area contributed by atoms with Crippen molar-refractivity contribution in [1.29, 1.82) is 0 Å². The smallest absolute Gasteiger partial charge is 0.326 e. The van der Waals surface area contributed by atoms with Crippen molar-refractivity contribution < 1.29 is 18.8 Å². The van der Waals surface area contributed by atoms with Crippen LogP contribution in [0.5, 0.6) is 0 Å². The van der Waals surface area contributed by atoms with Gasteiger partial charge in [-0.05, 0) is 0 Å². The summed E-state index contributed by atoms with van der Waals surface area (Å²) >= 11 is 4.77. The lowest BCUT2D eigenvalue weighted by molar-refractivity contribution is -0.870. The van der Waals surface area contributed by atoms with Gasteiger partial charge in [0.1, 0.15) is 19.2 Å². The first kappa shape index (κ1) is 15.2. The molecule has 16 heavy (non-hydrogen) atoms. The van der Waals surface area contributed by atoms with Gasteiger partial charge in [-0.15, -0.1) is 5.75 Å². The maximum absolute atomic E-state index is 11.5. The van der Waals surface area contributed by atoms with Gasteiger partial charge in [-0.25, -0.2) is 4.79 Å². The fourth-order valence-corrected chi connectivity index (χ4v) is 1.15. The molecule has 0 fully saturated rings. The maximum atomic E-state index is 11.5. The van der Waals surface area contributed by atoms with E-state index in [1.807, 2.05) is 21.1 Å². The van der Waals surface area contributed by atoms with Crippen LogP contribution in [0.2, 0.25) is 0 Å². The van der Waals surface area contributed by atoms with Gasteiger partial charge in [-0.3, -0.25) is 4.79 Å². The fraction of sp³-hybridized carbons (Fsp3) is 0.800. The average molecular weight is 248 g/mol. The number of amides is 1. The highest BCUT2D eigenvalue weighted by molar-refractivity contribution is 7.58. The third-order valence-electron chi connectivity index (χ3n) is 1.84. The summed E-state index contributed by atoms with van der Waals surface area (Å²) in [5.41, 5.74) is 0. The lowest BCUT2D eigenvalue weighted by Crippen LogP contribution is -2.44. The van der Waals surface area contributed by atoms with E-state index in [0.29, 0.717) is 11.1 Å². The zero-order chi connectivity index (χ0) is 12.8. The van der Waals surface area contributed by atoms with E-state index in [1.54, 1.807) is 0 Å². The Balaban J connectivity index is 3.98. The second-order valence-electron chi connectivity index (χ2n) is 4.60. The number of carbonyl (C=O) groups excluding carboxylic acids is 2. The van der Waals surface area contributed by atoms with Crippen molar-refractivity contribution >= 4 is 24.5 Å².